The lowest BCUT2D eigenvalue weighted by atomic mass is 10.0. The Kier molecular flexibility index (Phi) is 5.19. The lowest BCUT2D eigenvalue weighted by Crippen LogP contribution is -2.44. The van der Waals surface area contributed by atoms with Crippen LogP contribution in [0.2, 0.25) is 0 Å². The summed E-state index contributed by atoms with van der Waals surface area (Å²) in [5.41, 5.74) is 0. The smallest absolute Gasteiger partial charge is 0.220 e. The first-order chi connectivity index (χ1) is 9.15. The summed E-state index contributed by atoms with van der Waals surface area (Å²) in [6, 6.07) is 0.971. The van der Waals surface area contributed by atoms with Gasteiger partial charge in [-0.1, -0.05) is 0 Å². The summed E-state index contributed by atoms with van der Waals surface area (Å²) in [6.07, 6.45) is 5.86. The Morgan fingerprint density at radius 1 is 1.11 bits per heavy atom. The van der Waals surface area contributed by atoms with Crippen LogP contribution >= 0.6 is 0 Å². The first-order valence-electron chi connectivity index (χ1n) is 7.43. The Hall–Kier alpha value is -1.10. The molecule has 2 N–H and O–H groups in total. The van der Waals surface area contributed by atoms with Gasteiger partial charge in [0.25, 0.3) is 0 Å². The fourth-order valence-corrected chi connectivity index (χ4v) is 2.48. The minimum atomic E-state index is 0.176. The number of piperidine rings is 1. The van der Waals surface area contributed by atoms with Gasteiger partial charge in [0, 0.05) is 38.5 Å². The number of hydrogen-bond donors (Lipinski definition) is 2. The molecule has 0 aromatic carbocycles. The molecule has 108 valence electrons. The normalized spacial score (nSPS) is 20.4. The Bertz CT molecular complexity index is 321. The predicted octanol–water partition coefficient (Wildman–Crippen LogP) is 0.646. The average Bonchev–Trinajstić information content (AvgIpc) is 3.19. The van der Waals surface area contributed by atoms with Crippen LogP contribution in [-0.4, -0.2) is 48.4 Å². The number of nitrogens with zero attached hydrogens (tertiary/aromatic N) is 1. The van der Waals surface area contributed by atoms with Crippen LogP contribution in [-0.2, 0) is 9.59 Å². The van der Waals surface area contributed by atoms with E-state index in [0.29, 0.717) is 18.5 Å². The molecule has 1 saturated carbocycles. The Morgan fingerprint density at radius 3 is 2.37 bits per heavy atom. The van der Waals surface area contributed by atoms with Crippen molar-refractivity contribution >= 4 is 11.8 Å². The van der Waals surface area contributed by atoms with E-state index in [1.54, 1.807) is 6.92 Å². The van der Waals surface area contributed by atoms with Crippen LogP contribution in [0.15, 0.2) is 0 Å². The minimum absolute atomic E-state index is 0.176. The van der Waals surface area contributed by atoms with Gasteiger partial charge in [0.05, 0.1) is 0 Å². The topological polar surface area (TPSA) is 61.4 Å². The molecule has 2 fully saturated rings. The van der Waals surface area contributed by atoms with Crippen molar-refractivity contribution in [1.29, 1.82) is 0 Å². The van der Waals surface area contributed by atoms with Crippen LogP contribution in [0.1, 0.15) is 45.4 Å². The first kappa shape index (κ1) is 14.3. The molecule has 5 heteroatoms. The average molecular weight is 267 g/mol. The van der Waals surface area contributed by atoms with E-state index in [1.165, 1.54) is 0 Å². The van der Waals surface area contributed by atoms with Gasteiger partial charge >= 0.3 is 0 Å². The second-order valence-corrected chi connectivity index (χ2v) is 5.68. The standard InChI is InChI=1S/C14H25N3O2/c1-11(18)17-9-6-12(7-10-17)15-8-2-3-14(19)16-13-4-5-13/h12-13,15H,2-10H2,1H3,(H,16,19). The van der Waals surface area contributed by atoms with Crippen LogP contribution in [0.25, 0.3) is 0 Å². The SMILES string of the molecule is CC(=O)N1CCC(NCCCC(=O)NC2CC2)CC1. The van der Waals surface area contributed by atoms with Crippen LogP contribution in [0, 0.1) is 0 Å². The van der Waals surface area contributed by atoms with Gasteiger partial charge in [-0.3, -0.25) is 9.59 Å². The molecule has 0 aromatic heterocycles. The molecular formula is C14H25N3O2. The molecule has 1 saturated heterocycles. The molecule has 0 atom stereocenters. The van der Waals surface area contributed by atoms with Gasteiger partial charge in [0.1, 0.15) is 0 Å². The van der Waals surface area contributed by atoms with Gasteiger partial charge in [-0.25, -0.2) is 0 Å². The van der Waals surface area contributed by atoms with Crippen molar-refractivity contribution in [2.75, 3.05) is 19.6 Å². The predicted molar refractivity (Wildman–Crippen MR) is 73.7 cm³/mol. The summed E-state index contributed by atoms with van der Waals surface area (Å²) in [5, 5.41) is 6.49. The third kappa shape index (κ3) is 5.19. The van der Waals surface area contributed by atoms with E-state index in [1.807, 2.05) is 4.90 Å². The molecule has 0 radical (unpaired) electrons. The molecule has 1 aliphatic carbocycles. The van der Waals surface area contributed by atoms with Crippen LogP contribution in [0.4, 0.5) is 0 Å². The van der Waals surface area contributed by atoms with E-state index in [2.05, 4.69) is 10.6 Å². The summed E-state index contributed by atoms with van der Waals surface area (Å²) >= 11 is 0. The van der Waals surface area contributed by atoms with Crippen molar-refractivity contribution in [3.63, 3.8) is 0 Å². The molecule has 2 amide bonds. The van der Waals surface area contributed by atoms with E-state index >= 15 is 0 Å². The molecule has 1 heterocycles. The Balaban J connectivity index is 1.49. The molecule has 0 unspecified atom stereocenters. The van der Waals surface area contributed by atoms with Crippen molar-refractivity contribution < 1.29 is 9.59 Å². The largest absolute Gasteiger partial charge is 0.353 e. The third-order valence-electron chi connectivity index (χ3n) is 3.90. The van der Waals surface area contributed by atoms with Crippen molar-refractivity contribution in [2.45, 2.75) is 57.5 Å². The molecular weight excluding hydrogens is 242 g/mol. The fourth-order valence-electron chi connectivity index (χ4n) is 2.48. The van der Waals surface area contributed by atoms with Gasteiger partial charge in [-0.05, 0) is 38.6 Å². The highest BCUT2D eigenvalue weighted by Crippen LogP contribution is 2.18. The number of amides is 2. The number of likely N-dealkylation sites (tertiary alicyclic amines) is 1. The molecule has 1 aliphatic heterocycles. The number of carbonyl (C=O) groups excluding carboxylic acids is 2. The monoisotopic (exact) mass is 267 g/mol. The van der Waals surface area contributed by atoms with Crippen molar-refractivity contribution in [3.05, 3.63) is 0 Å². The van der Waals surface area contributed by atoms with Gasteiger partial charge in [0.2, 0.25) is 11.8 Å². The van der Waals surface area contributed by atoms with Crippen LogP contribution < -0.4 is 10.6 Å². The third-order valence-corrected chi connectivity index (χ3v) is 3.90. The zero-order valence-corrected chi connectivity index (χ0v) is 11.8. The maximum absolute atomic E-state index is 11.5. The highest BCUT2D eigenvalue weighted by atomic mass is 16.2. The van der Waals surface area contributed by atoms with E-state index < -0.39 is 0 Å². The van der Waals surface area contributed by atoms with E-state index in [0.717, 1.165) is 51.7 Å². The maximum Gasteiger partial charge on any atom is 0.220 e. The second kappa shape index (κ2) is 6.89. The Labute approximate surface area is 115 Å². The highest BCUT2D eigenvalue weighted by Gasteiger charge is 2.23. The molecule has 0 spiro atoms. The summed E-state index contributed by atoms with van der Waals surface area (Å²) in [4.78, 5) is 24.6. The minimum Gasteiger partial charge on any atom is -0.353 e. The van der Waals surface area contributed by atoms with Crippen molar-refractivity contribution in [2.24, 2.45) is 0 Å². The highest BCUT2D eigenvalue weighted by molar-refractivity contribution is 5.76. The van der Waals surface area contributed by atoms with Gasteiger partial charge < -0.3 is 15.5 Å². The summed E-state index contributed by atoms with van der Waals surface area (Å²) in [7, 11) is 0. The lowest BCUT2D eigenvalue weighted by molar-refractivity contribution is -0.130. The molecule has 2 aliphatic rings. The summed E-state index contributed by atoms with van der Waals surface area (Å²) in [5.74, 6) is 0.367. The van der Waals surface area contributed by atoms with Gasteiger partial charge in [-0.2, -0.15) is 0 Å². The molecule has 0 aromatic rings. The zero-order chi connectivity index (χ0) is 13.7. The molecule has 2 rings (SSSR count). The van der Waals surface area contributed by atoms with Gasteiger partial charge in [0.15, 0.2) is 0 Å². The number of carbonyl (C=O) groups is 2. The zero-order valence-electron chi connectivity index (χ0n) is 11.8. The number of nitrogens with one attached hydrogen (secondary N) is 2. The lowest BCUT2D eigenvalue weighted by Gasteiger charge is -2.31. The number of rotatable bonds is 6. The number of hydrogen-bond acceptors (Lipinski definition) is 3. The van der Waals surface area contributed by atoms with Crippen molar-refractivity contribution in [3.8, 4) is 0 Å². The van der Waals surface area contributed by atoms with Crippen molar-refractivity contribution in [1.82, 2.24) is 15.5 Å². The summed E-state index contributed by atoms with van der Waals surface area (Å²) < 4.78 is 0. The second-order valence-electron chi connectivity index (χ2n) is 5.68. The van der Waals surface area contributed by atoms with E-state index in [-0.39, 0.29) is 11.8 Å². The summed E-state index contributed by atoms with van der Waals surface area (Å²) in [6.45, 7) is 4.24. The maximum atomic E-state index is 11.5. The fraction of sp³-hybridized carbons (Fsp3) is 0.857. The van der Waals surface area contributed by atoms with E-state index in [9.17, 15) is 9.59 Å². The van der Waals surface area contributed by atoms with Gasteiger partial charge in [-0.15, -0.1) is 0 Å². The Morgan fingerprint density at radius 2 is 1.79 bits per heavy atom. The van der Waals surface area contributed by atoms with Crippen LogP contribution in [0.3, 0.4) is 0 Å². The first-order valence-corrected chi connectivity index (χ1v) is 7.43. The van der Waals surface area contributed by atoms with Crippen LogP contribution in [0.5, 0.6) is 0 Å². The van der Waals surface area contributed by atoms with E-state index in [4.69, 9.17) is 0 Å². The molecule has 0 bridgehead atoms. The quantitative estimate of drug-likeness (QED) is 0.695. The molecule has 5 nitrogen and oxygen atoms in total. The molecule has 19 heavy (non-hydrogen) atoms.